The molecule has 0 amide bonds. The Bertz CT molecular complexity index is 2540. The van der Waals surface area contributed by atoms with E-state index in [4.69, 9.17) is 0 Å². The smallest absolute Gasteiger partial charge is 0.0544 e. The second-order valence-corrected chi connectivity index (χ2v) is 18.5. The highest BCUT2D eigenvalue weighted by atomic mass is 15.0. The van der Waals surface area contributed by atoms with Gasteiger partial charge in [-0.2, -0.15) is 0 Å². The number of rotatable bonds is 2. The number of nitrogens with zero attached hydrogens (tertiary/aromatic N) is 1. The quantitative estimate of drug-likeness (QED) is 0.174. The lowest BCUT2D eigenvalue weighted by Crippen LogP contribution is -2.17. The zero-order chi connectivity index (χ0) is 35.4. The van der Waals surface area contributed by atoms with Gasteiger partial charge < -0.3 is 4.57 Å². The van der Waals surface area contributed by atoms with Crippen LogP contribution in [0.4, 0.5) is 0 Å². The van der Waals surface area contributed by atoms with Crippen molar-refractivity contribution in [3.63, 3.8) is 0 Å². The lowest BCUT2D eigenvalue weighted by Gasteiger charge is -2.24. The molecule has 6 aromatic carbocycles. The fourth-order valence-electron chi connectivity index (χ4n) is 10.3. The molecule has 1 heterocycles. The van der Waals surface area contributed by atoms with Crippen molar-refractivity contribution in [1.29, 1.82) is 0 Å². The maximum absolute atomic E-state index is 2.59. The average Bonchev–Trinajstić information content (AvgIpc) is 3.69. The van der Waals surface area contributed by atoms with Crippen molar-refractivity contribution >= 4 is 21.8 Å². The first-order valence-electron chi connectivity index (χ1n) is 18.8. The van der Waals surface area contributed by atoms with Gasteiger partial charge in [-0.05, 0) is 121 Å². The molecule has 1 aromatic heterocycles. The first-order valence-corrected chi connectivity index (χ1v) is 18.8. The van der Waals surface area contributed by atoms with E-state index in [1.165, 1.54) is 99.8 Å². The molecule has 0 atom stereocenters. The first kappa shape index (κ1) is 30.9. The van der Waals surface area contributed by atoms with Gasteiger partial charge in [0.05, 0.1) is 11.0 Å². The highest BCUT2D eigenvalue weighted by Crippen LogP contribution is 2.55. The number of fused-ring (bicyclic) bond motifs is 12. The van der Waals surface area contributed by atoms with Crippen LogP contribution in [0.15, 0.2) is 109 Å². The van der Waals surface area contributed by atoms with Crippen molar-refractivity contribution in [3.8, 4) is 39.1 Å². The molecule has 0 unspecified atom stereocenters. The Morgan fingerprint density at radius 2 is 0.863 bits per heavy atom. The molecule has 51 heavy (non-hydrogen) atoms. The van der Waals surface area contributed by atoms with E-state index in [1.54, 1.807) is 0 Å². The topological polar surface area (TPSA) is 4.93 Å². The van der Waals surface area contributed by atoms with Crippen LogP contribution >= 0.6 is 0 Å². The van der Waals surface area contributed by atoms with Crippen LogP contribution in [-0.2, 0) is 22.7 Å². The van der Waals surface area contributed by atoms with E-state index in [-0.39, 0.29) is 21.7 Å². The third-order valence-electron chi connectivity index (χ3n) is 12.9. The van der Waals surface area contributed by atoms with Crippen LogP contribution in [0.3, 0.4) is 0 Å². The molecule has 0 aliphatic heterocycles. The maximum atomic E-state index is 2.59. The minimum absolute atomic E-state index is 0.0730. The summed E-state index contributed by atoms with van der Waals surface area (Å²) < 4.78 is 2.59. The molecule has 0 saturated heterocycles. The maximum Gasteiger partial charge on any atom is 0.0544 e. The van der Waals surface area contributed by atoms with E-state index < -0.39 is 0 Å². The summed E-state index contributed by atoms with van der Waals surface area (Å²) in [5.41, 5.74) is 22.1. The molecule has 0 radical (unpaired) electrons. The summed E-state index contributed by atoms with van der Waals surface area (Å²) in [4.78, 5) is 0. The van der Waals surface area contributed by atoms with Crippen molar-refractivity contribution in [3.05, 3.63) is 148 Å². The van der Waals surface area contributed by atoms with E-state index in [2.05, 4.69) is 176 Å². The largest absolute Gasteiger partial charge is 0.309 e. The summed E-state index contributed by atoms with van der Waals surface area (Å²) in [6.45, 7) is 21.4. The molecular weight excluding hydrogens is 615 g/mol. The van der Waals surface area contributed by atoms with Crippen LogP contribution < -0.4 is 0 Å². The zero-order valence-corrected chi connectivity index (χ0v) is 31.5. The van der Waals surface area contributed by atoms with Crippen molar-refractivity contribution in [2.75, 3.05) is 0 Å². The van der Waals surface area contributed by atoms with Crippen molar-refractivity contribution in [2.24, 2.45) is 5.41 Å². The second kappa shape index (κ2) is 9.71. The highest BCUT2D eigenvalue weighted by Gasteiger charge is 2.40. The number of aromatic nitrogens is 1. The third-order valence-corrected chi connectivity index (χ3v) is 12.9. The molecule has 0 saturated carbocycles. The van der Waals surface area contributed by atoms with E-state index in [9.17, 15) is 0 Å². The van der Waals surface area contributed by atoms with Gasteiger partial charge in [0.15, 0.2) is 0 Å². The fraction of sp³-hybridized carbons (Fsp3) is 0.280. The predicted octanol–water partition coefficient (Wildman–Crippen LogP) is 13.3. The van der Waals surface area contributed by atoms with Gasteiger partial charge in [0.25, 0.3) is 0 Å². The zero-order valence-electron chi connectivity index (χ0n) is 31.5. The summed E-state index contributed by atoms with van der Waals surface area (Å²) >= 11 is 0. The Hall–Kier alpha value is -4.88. The first-order chi connectivity index (χ1) is 24.2. The third kappa shape index (κ3) is 4.04. The monoisotopic (exact) mass is 661 g/mol. The van der Waals surface area contributed by atoms with Gasteiger partial charge in [-0.25, -0.2) is 0 Å². The van der Waals surface area contributed by atoms with Crippen molar-refractivity contribution in [1.82, 2.24) is 4.57 Å². The Balaban J connectivity index is 1.25. The van der Waals surface area contributed by atoms with Gasteiger partial charge in [0.1, 0.15) is 0 Å². The predicted molar refractivity (Wildman–Crippen MR) is 217 cm³/mol. The molecular formula is C50H47N. The molecule has 3 aliphatic carbocycles. The summed E-state index contributed by atoms with van der Waals surface area (Å²) in [7, 11) is 0. The lowest BCUT2D eigenvalue weighted by atomic mass is 9.80. The minimum Gasteiger partial charge on any atom is -0.309 e. The normalized spacial score (nSPS) is 16.9. The van der Waals surface area contributed by atoms with E-state index >= 15 is 0 Å². The van der Waals surface area contributed by atoms with Crippen LogP contribution in [0.5, 0.6) is 0 Å². The number of benzene rings is 6. The number of hydrogen-bond donors (Lipinski definition) is 0. The molecule has 0 spiro atoms. The SMILES string of the molecule is CC(C)(C)Cc1ccc2c(c1)C(C)(C)c1cc(-n3c4cc5c(cc4c4cc6c(cc43)C(C)(C)c3ccccc3-6)-c3ccccc3C5(C)C)ccc1-2. The average molecular weight is 662 g/mol. The van der Waals surface area contributed by atoms with E-state index in [0.29, 0.717) is 0 Å². The Morgan fingerprint density at radius 3 is 1.39 bits per heavy atom. The standard InChI is InChI=1S/C50H47N/c1-47(2,3)28-29-18-20-33-34-21-19-30(23-42(34)50(8,9)41(33)22-29)51-45-26-43-35(31-14-10-12-16-39(31)48(43,4)5)24-37(45)38-25-36-32-15-11-13-17-40(32)49(6,7)44(36)27-46(38)51/h10-27H,28H2,1-9H3. The molecule has 0 bridgehead atoms. The highest BCUT2D eigenvalue weighted by molar-refractivity contribution is 6.13. The Kier molecular flexibility index (Phi) is 5.88. The number of hydrogen-bond acceptors (Lipinski definition) is 0. The summed E-state index contributed by atoms with van der Waals surface area (Å²) in [6.07, 6.45) is 1.08. The van der Waals surface area contributed by atoms with Gasteiger partial charge in [0, 0.05) is 32.7 Å². The van der Waals surface area contributed by atoms with Crippen molar-refractivity contribution < 1.29 is 0 Å². The fourth-order valence-corrected chi connectivity index (χ4v) is 10.3. The van der Waals surface area contributed by atoms with Crippen LogP contribution in [0.25, 0.3) is 60.9 Å². The molecule has 10 rings (SSSR count). The molecule has 1 nitrogen and oxygen atoms in total. The molecule has 252 valence electrons. The van der Waals surface area contributed by atoms with Gasteiger partial charge in [-0.15, -0.1) is 0 Å². The lowest BCUT2D eigenvalue weighted by molar-refractivity contribution is 0.411. The van der Waals surface area contributed by atoms with Gasteiger partial charge in [0.2, 0.25) is 0 Å². The summed E-state index contributed by atoms with van der Waals surface area (Å²) in [6, 6.07) is 42.7. The summed E-state index contributed by atoms with van der Waals surface area (Å²) in [5.74, 6) is 0. The second-order valence-electron chi connectivity index (χ2n) is 18.5. The van der Waals surface area contributed by atoms with Gasteiger partial charge >= 0.3 is 0 Å². The van der Waals surface area contributed by atoms with E-state index in [0.717, 1.165) is 6.42 Å². The Labute approximate surface area is 303 Å². The molecule has 7 aromatic rings. The molecule has 3 aliphatic rings. The molecule has 0 N–H and O–H groups in total. The molecule has 0 fully saturated rings. The minimum atomic E-state index is -0.0942. The van der Waals surface area contributed by atoms with Crippen LogP contribution in [-0.4, -0.2) is 4.57 Å². The van der Waals surface area contributed by atoms with Gasteiger partial charge in [-0.1, -0.05) is 135 Å². The van der Waals surface area contributed by atoms with Crippen LogP contribution in [0.2, 0.25) is 0 Å². The van der Waals surface area contributed by atoms with E-state index in [1.807, 2.05) is 0 Å². The van der Waals surface area contributed by atoms with Gasteiger partial charge in [-0.3, -0.25) is 0 Å². The summed E-state index contributed by atoms with van der Waals surface area (Å²) in [5, 5.41) is 2.66. The molecule has 1 heteroatoms. The Morgan fingerprint density at radius 1 is 0.431 bits per heavy atom. The van der Waals surface area contributed by atoms with Crippen LogP contribution in [0, 0.1) is 5.41 Å². The van der Waals surface area contributed by atoms with Crippen molar-refractivity contribution in [2.45, 2.75) is 85.0 Å². The van der Waals surface area contributed by atoms with Crippen LogP contribution in [0.1, 0.15) is 101 Å².